The lowest BCUT2D eigenvalue weighted by atomic mass is 9.82. The highest BCUT2D eigenvalue weighted by Crippen LogP contribution is 2.36. The molecule has 0 radical (unpaired) electrons. The fourth-order valence-corrected chi connectivity index (χ4v) is 2.67. The molecule has 17 heavy (non-hydrogen) atoms. The van der Waals surface area contributed by atoms with Crippen LogP contribution in [-0.2, 0) is 4.79 Å². The van der Waals surface area contributed by atoms with Gasteiger partial charge in [-0.15, -0.1) is 12.4 Å². The van der Waals surface area contributed by atoms with Gasteiger partial charge in [0.15, 0.2) is 0 Å². The Bertz CT molecular complexity index is 260. The second-order valence-corrected chi connectivity index (χ2v) is 5.77. The molecule has 0 heterocycles. The number of halogens is 1. The Hall–Kier alpha value is -0.280. The molecule has 4 heteroatoms. The fraction of sp³-hybridized carbons (Fsp3) is 0.923. The first-order valence-corrected chi connectivity index (χ1v) is 6.67. The molecule has 2 rings (SSSR count). The van der Waals surface area contributed by atoms with Crippen molar-refractivity contribution >= 4 is 18.3 Å². The Balaban J connectivity index is 0.00000144. The molecule has 2 saturated carbocycles. The van der Waals surface area contributed by atoms with Crippen LogP contribution in [0.5, 0.6) is 0 Å². The van der Waals surface area contributed by atoms with Gasteiger partial charge >= 0.3 is 0 Å². The number of hydrogen-bond acceptors (Lipinski definition) is 2. The largest absolute Gasteiger partial charge is 0.354 e. The van der Waals surface area contributed by atoms with Crippen LogP contribution in [0, 0.1) is 11.8 Å². The van der Waals surface area contributed by atoms with Gasteiger partial charge in [-0.3, -0.25) is 4.79 Å². The fourth-order valence-electron chi connectivity index (χ4n) is 2.67. The quantitative estimate of drug-likeness (QED) is 0.815. The Morgan fingerprint density at radius 3 is 2.47 bits per heavy atom. The Labute approximate surface area is 110 Å². The van der Waals surface area contributed by atoms with Crippen molar-refractivity contribution in [3.63, 3.8) is 0 Å². The van der Waals surface area contributed by atoms with Crippen molar-refractivity contribution in [1.29, 1.82) is 0 Å². The molecule has 1 amide bonds. The van der Waals surface area contributed by atoms with Crippen LogP contribution in [0.1, 0.15) is 51.9 Å². The molecule has 3 nitrogen and oxygen atoms in total. The van der Waals surface area contributed by atoms with E-state index < -0.39 is 0 Å². The van der Waals surface area contributed by atoms with E-state index in [1.54, 1.807) is 0 Å². The third-order valence-electron chi connectivity index (χ3n) is 4.21. The highest BCUT2D eigenvalue weighted by molar-refractivity contribution is 5.85. The predicted octanol–water partition coefficient (Wildman–Crippen LogP) is 2.23. The number of nitrogens with two attached hydrogens (primary N) is 1. The van der Waals surface area contributed by atoms with Crippen LogP contribution in [0.15, 0.2) is 0 Å². The van der Waals surface area contributed by atoms with Crippen LogP contribution in [0.2, 0.25) is 0 Å². The molecule has 2 aliphatic rings. The van der Waals surface area contributed by atoms with Crippen molar-refractivity contribution < 1.29 is 4.79 Å². The van der Waals surface area contributed by atoms with Crippen molar-refractivity contribution in [2.45, 2.75) is 57.4 Å². The summed E-state index contributed by atoms with van der Waals surface area (Å²) in [6.45, 7) is 2.71. The molecular weight excluding hydrogens is 236 g/mol. The molecule has 2 aliphatic carbocycles. The molecule has 0 spiro atoms. The van der Waals surface area contributed by atoms with Crippen LogP contribution in [0.25, 0.3) is 0 Å². The maximum atomic E-state index is 11.8. The summed E-state index contributed by atoms with van der Waals surface area (Å²) in [6.07, 6.45) is 8.29. The zero-order valence-corrected chi connectivity index (χ0v) is 11.5. The number of rotatable bonds is 4. The smallest absolute Gasteiger partial charge is 0.223 e. The normalized spacial score (nSPS) is 24.6. The Morgan fingerprint density at radius 1 is 1.35 bits per heavy atom. The molecule has 2 fully saturated rings. The van der Waals surface area contributed by atoms with Crippen LogP contribution in [-0.4, -0.2) is 18.0 Å². The third-order valence-corrected chi connectivity index (χ3v) is 4.21. The highest BCUT2D eigenvalue weighted by Gasteiger charge is 2.34. The van der Waals surface area contributed by atoms with E-state index in [-0.39, 0.29) is 29.8 Å². The third kappa shape index (κ3) is 4.14. The summed E-state index contributed by atoms with van der Waals surface area (Å²) in [4.78, 5) is 11.8. The van der Waals surface area contributed by atoms with Crippen LogP contribution in [0.4, 0.5) is 0 Å². The van der Waals surface area contributed by atoms with Gasteiger partial charge in [-0.25, -0.2) is 0 Å². The molecular formula is C13H25ClN2O. The number of hydrogen-bond donors (Lipinski definition) is 2. The molecule has 0 aliphatic heterocycles. The highest BCUT2D eigenvalue weighted by atomic mass is 35.5. The van der Waals surface area contributed by atoms with Gasteiger partial charge in [0.05, 0.1) is 0 Å². The lowest BCUT2D eigenvalue weighted by Gasteiger charge is -2.33. The molecule has 1 unspecified atom stereocenters. The first-order chi connectivity index (χ1) is 7.61. The van der Waals surface area contributed by atoms with E-state index in [9.17, 15) is 4.79 Å². The first kappa shape index (κ1) is 14.8. The first-order valence-electron chi connectivity index (χ1n) is 6.67. The van der Waals surface area contributed by atoms with E-state index in [2.05, 4.69) is 5.32 Å². The van der Waals surface area contributed by atoms with E-state index in [0.29, 0.717) is 12.5 Å². The van der Waals surface area contributed by atoms with Gasteiger partial charge in [-0.2, -0.15) is 0 Å². The summed E-state index contributed by atoms with van der Waals surface area (Å²) in [5, 5.41) is 3.05. The van der Waals surface area contributed by atoms with Crippen LogP contribution in [0.3, 0.4) is 0 Å². The lowest BCUT2D eigenvalue weighted by molar-refractivity contribution is -0.125. The van der Waals surface area contributed by atoms with E-state index in [1.165, 1.54) is 32.1 Å². The minimum atomic E-state index is -0.128. The SMILES string of the molecule is CC(C(=O)NCC1(N)CCCCC1)C1CC1.Cl. The average molecular weight is 261 g/mol. The molecule has 0 bridgehead atoms. The zero-order chi connectivity index (χ0) is 11.6. The number of carbonyl (C=O) groups excluding carboxylic acids is 1. The van der Waals surface area contributed by atoms with Crippen LogP contribution >= 0.6 is 12.4 Å². The molecule has 0 saturated heterocycles. The van der Waals surface area contributed by atoms with E-state index >= 15 is 0 Å². The maximum Gasteiger partial charge on any atom is 0.223 e. The summed E-state index contributed by atoms with van der Waals surface area (Å²) < 4.78 is 0. The van der Waals surface area contributed by atoms with Crippen molar-refractivity contribution in [1.82, 2.24) is 5.32 Å². The van der Waals surface area contributed by atoms with Crippen molar-refractivity contribution in [3.05, 3.63) is 0 Å². The van der Waals surface area contributed by atoms with Gasteiger partial charge in [0.25, 0.3) is 0 Å². The van der Waals surface area contributed by atoms with E-state index in [0.717, 1.165) is 12.8 Å². The number of carbonyl (C=O) groups is 1. The summed E-state index contributed by atoms with van der Waals surface area (Å²) in [7, 11) is 0. The summed E-state index contributed by atoms with van der Waals surface area (Å²) in [5.74, 6) is 1.03. The van der Waals surface area contributed by atoms with Gasteiger partial charge in [0, 0.05) is 18.0 Å². The minimum absolute atomic E-state index is 0. The van der Waals surface area contributed by atoms with Gasteiger partial charge in [0.1, 0.15) is 0 Å². The van der Waals surface area contributed by atoms with E-state index in [4.69, 9.17) is 5.73 Å². The van der Waals surface area contributed by atoms with Crippen molar-refractivity contribution in [3.8, 4) is 0 Å². The molecule has 0 aromatic carbocycles. The molecule has 0 aromatic heterocycles. The predicted molar refractivity (Wildman–Crippen MR) is 72.1 cm³/mol. The number of amides is 1. The Kier molecular flexibility index (Phi) is 5.26. The second-order valence-electron chi connectivity index (χ2n) is 5.77. The topological polar surface area (TPSA) is 55.1 Å². The molecule has 100 valence electrons. The average Bonchev–Trinajstić information content (AvgIpc) is 3.10. The molecule has 3 N–H and O–H groups in total. The van der Waals surface area contributed by atoms with Crippen LogP contribution < -0.4 is 11.1 Å². The van der Waals surface area contributed by atoms with Gasteiger partial charge in [-0.05, 0) is 31.6 Å². The zero-order valence-electron chi connectivity index (χ0n) is 10.7. The maximum absolute atomic E-state index is 11.8. The van der Waals surface area contributed by atoms with Gasteiger partial charge in [0.2, 0.25) is 5.91 Å². The molecule has 1 atom stereocenters. The summed E-state index contributed by atoms with van der Waals surface area (Å²) in [6, 6.07) is 0. The van der Waals surface area contributed by atoms with Gasteiger partial charge in [-0.1, -0.05) is 26.2 Å². The second kappa shape index (κ2) is 6.05. The number of nitrogens with one attached hydrogen (secondary N) is 1. The molecule has 0 aromatic rings. The lowest BCUT2D eigenvalue weighted by Crippen LogP contribution is -2.52. The van der Waals surface area contributed by atoms with E-state index in [1.807, 2.05) is 6.92 Å². The summed E-state index contributed by atoms with van der Waals surface area (Å²) >= 11 is 0. The minimum Gasteiger partial charge on any atom is -0.354 e. The summed E-state index contributed by atoms with van der Waals surface area (Å²) in [5.41, 5.74) is 6.16. The van der Waals surface area contributed by atoms with Crippen molar-refractivity contribution in [2.24, 2.45) is 17.6 Å². The standard InChI is InChI=1S/C13H24N2O.ClH/c1-10(11-5-6-11)12(16)15-9-13(14)7-3-2-4-8-13;/h10-11H,2-9,14H2,1H3,(H,15,16);1H. The van der Waals surface area contributed by atoms with Gasteiger partial charge < -0.3 is 11.1 Å². The monoisotopic (exact) mass is 260 g/mol. The van der Waals surface area contributed by atoms with Crippen molar-refractivity contribution in [2.75, 3.05) is 6.54 Å². The Morgan fingerprint density at radius 2 is 1.94 bits per heavy atom.